The van der Waals surface area contributed by atoms with Crippen LogP contribution in [0.4, 0.5) is 0 Å². The molecule has 0 spiro atoms. The zero-order valence-corrected chi connectivity index (χ0v) is 11.4. The van der Waals surface area contributed by atoms with Crippen molar-refractivity contribution in [2.24, 2.45) is 5.73 Å². The number of nitrogens with two attached hydrogens (primary N) is 1. The Hall–Kier alpha value is -1.20. The second-order valence-electron chi connectivity index (χ2n) is 5.52. The summed E-state index contributed by atoms with van der Waals surface area (Å²) in [7, 11) is 0. The lowest BCUT2D eigenvalue weighted by Crippen LogP contribution is -2.48. The average molecular weight is 266 g/mol. The number of allylic oxidation sites excluding steroid dienone is 1. The van der Waals surface area contributed by atoms with Crippen LogP contribution in [0.1, 0.15) is 39.0 Å². The molecule has 2 atom stereocenters. The van der Waals surface area contributed by atoms with Crippen LogP contribution in [-0.2, 0) is 14.3 Å². The highest BCUT2D eigenvalue weighted by Crippen LogP contribution is 2.31. The highest BCUT2D eigenvalue weighted by atomic mass is 16.6. The molecule has 1 saturated heterocycles. The van der Waals surface area contributed by atoms with Gasteiger partial charge in [0.05, 0.1) is 19.2 Å². The maximum Gasteiger partial charge on any atom is 0.234 e. The molecule has 0 aromatic rings. The van der Waals surface area contributed by atoms with E-state index < -0.39 is 11.6 Å². The number of ether oxygens (including phenoxy) is 1. The number of amides is 1. The number of Topliss-reactive ketones (excluding diaryl/α,β-unsaturated/α-hetero) is 1. The molecule has 0 bridgehead atoms. The summed E-state index contributed by atoms with van der Waals surface area (Å²) in [6, 6.07) is -0.507. The average Bonchev–Trinajstić information content (AvgIpc) is 3.17. The third kappa shape index (κ3) is 3.64. The van der Waals surface area contributed by atoms with Gasteiger partial charge >= 0.3 is 0 Å². The van der Waals surface area contributed by atoms with Gasteiger partial charge in [0.1, 0.15) is 5.60 Å². The standard InChI is InChI=1S/C14H22N2O3/c1-14(9-19-14)13(18)11(16-12(17)8-15)7-10-5-3-2-4-6-10/h5,11H,2-4,6-9,15H2,1H3,(H,16,17)/t11-,14+/m0/s1. The van der Waals surface area contributed by atoms with Crippen molar-refractivity contribution in [3.05, 3.63) is 11.6 Å². The predicted molar refractivity (Wildman–Crippen MR) is 71.5 cm³/mol. The lowest BCUT2D eigenvalue weighted by molar-refractivity contribution is -0.129. The molecule has 2 rings (SSSR count). The van der Waals surface area contributed by atoms with Crippen LogP contribution in [0, 0.1) is 0 Å². The van der Waals surface area contributed by atoms with Crippen LogP contribution in [0.2, 0.25) is 0 Å². The molecule has 0 aromatic carbocycles. The van der Waals surface area contributed by atoms with Crippen molar-refractivity contribution in [2.45, 2.75) is 50.7 Å². The van der Waals surface area contributed by atoms with Gasteiger partial charge in [-0.2, -0.15) is 0 Å². The fourth-order valence-corrected chi connectivity index (χ4v) is 2.43. The summed E-state index contributed by atoms with van der Waals surface area (Å²) < 4.78 is 5.19. The maximum atomic E-state index is 12.3. The monoisotopic (exact) mass is 266 g/mol. The Balaban J connectivity index is 2.02. The number of nitrogens with one attached hydrogen (secondary N) is 1. The Morgan fingerprint density at radius 3 is 2.79 bits per heavy atom. The van der Waals surface area contributed by atoms with Gasteiger partial charge in [0.25, 0.3) is 0 Å². The second-order valence-corrected chi connectivity index (χ2v) is 5.52. The first kappa shape index (κ1) is 14.2. The molecule has 1 fully saturated rings. The Morgan fingerprint density at radius 1 is 1.53 bits per heavy atom. The Morgan fingerprint density at radius 2 is 2.26 bits per heavy atom. The largest absolute Gasteiger partial charge is 0.361 e. The number of hydrogen-bond donors (Lipinski definition) is 2. The van der Waals surface area contributed by atoms with Crippen LogP contribution >= 0.6 is 0 Å². The van der Waals surface area contributed by atoms with E-state index in [0.717, 1.165) is 19.3 Å². The number of carbonyl (C=O) groups is 2. The molecule has 1 aliphatic heterocycles. The molecule has 5 nitrogen and oxygen atoms in total. The Bertz CT molecular complexity index is 399. The van der Waals surface area contributed by atoms with Crippen LogP contribution < -0.4 is 11.1 Å². The summed E-state index contributed by atoms with van der Waals surface area (Å²) in [6.07, 6.45) is 7.22. The molecule has 0 saturated carbocycles. The fourth-order valence-electron chi connectivity index (χ4n) is 2.43. The molecule has 1 heterocycles. The zero-order valence-electron chi connectivity index (χ0n) is 11.4. The number of epoxide rings is 1. The van der Waals surface area contributed by atoms with Crippen LogP contribution in [0.25, 0.3) is 0 Å². The molecule has 0 unspecified atom stereocenters. The third-order valence-corrected chi connectivity index (χ3v) is 3.79. The zero-order chi connectivity index (χ0) is 13.9. The van der Waals surface area contributed by atoms with Crippen molar-refractivity contribution in [1.29, 1.82) is 0 Å². The van der Waals surface area contributed by atoms with E-state index in [2.05, 4.69) is 11.4 Å². The predicted octanol–water partition coefficient (Wildman–Crippen LogP) is 0.678. The Labute approximate surface area is 113 Å². The van der Waals surface area contributed by atoms with Crippen molar-refractivity contribution in [1.82, 2.24) is 5.32 Å². The summed E-state index contributed by atoms with van der Waals surface area (Å²) in [5.41, 5.74) is 5.86. The van der Waals surface area contributed by atoms with Gasteiger partial charge in [-0.25, -0.2) is 0 Å². The van der Waals surface area contributed by atoms with Crippen molar-refractivity contribution >= 4 is 11.7 Å². The van der Waals surface area contributed by atoms with Crippen LogP contribution in [-0.4, -0.2) is 36.5 Å². The third-order valence-electron chi connectivity index (χ3n) is 3.79. The van der Waals surface area contributed by atoms with E-state index in [1.54, 1.807) is 6.92 Å². The van der Waals surface area contributed by atoms with Gasteiger partial charge in [-0.05, 0) is 39.0 Å². The first-order valence-electron chi connectivity index (χ1n) is 6.91. The van der Waals surface area contributed by atoms with Gasteiger partial charge < -0.3 is 15.8 Å². The van der Waals surface area contributed by atoms with Crippen LogP contribution in [0.15, 0.2) is 11.6 Å². The maximum absolute atomic E-state index is 12.3. The van der Waals surface area contributed by atoms with Gasteiger partial charge in [0.2, 0.25) is 5.91 Å². The number of hydrogen-bond acceptors (Lipinski definition) is 4. The first-order chi connectivity index (χ1) is 9.05. The molecular formula is C14H22N2O3. The summed E-state index contributed by atoms with van der Waals surface area (Å²) in [4.78, 5) is 23.8. The van der Waals surface area contributed by atoms with Gasteiger partial charge in [-0.15, -0.1) is 0 Å². The molecule has 1 amide bonds. The SMILES string of the molecule is C[C@]1(C(=O)[C@H](CC2=CCCCC2)NC(=O)CN)CO1. The number of ketones is 1. The minimum atomic E-state index is -0.707. The minimum Gasteiger partial charge on any atom is -0.361 e. The van der Waals surface area contributed by atoms with E-state index in [1.165, 1.54) is 12.0 Å². The van der Waals surface area contributed by atoms with Gasteiger partial charge in [-0.1, -0.05) is 11.6 Å². The highest BCUT2D eigenvalue weighted by molar-refractivity contribution is 5.96. The fraction of sp³-hybridized carbons (Fsp3) is 0.714. The Kier molecular flexibility index (Phi) is 4.37. The minimum absolute atomic E-state index is 0.0410. The van der Waals surface area contributed by atoms with E-state index in [-0.39, 0.29) is 18.2 Å². The van der Waals surface area contributed by atoms with Crippen LogP contribution in [0.3, 0.4) is 0 Å². The second kappa shape index (κ2) is 5.84. The van der Waals surface area contributed by atoms with Crippen molar-refractivity contribution in [2.75, 3.05) is 13.2 Å². The molecule has 19 heavy (non-hydrogen) atoms. The summed E-state index contributed by atoms with van der Waals surface area (Å²) in [5, 5.41) is 2.73. The lowest BCUT2D eigenvalue weighted by atomic mass is 9.90. The van der Waals surface area contributed by atoms with Crippen molar-refractivity contribution < 1.29 is 14.3 Å². The molecule has 0 radical (unpaired) electrons. The van der Waals surface area contributed by atoms with Gasteiger partial charge in [-0.3, -0.25) is 9.59 Å². The molecular weight excluding hydrogens is 244 g/mol. The van der Waals surface area contributed by atoms with Gasteiger partial charge in [0, 0.05) is 0 Å². The van der Waals surface area contributed by atoms with E-state index in [9.17, 15) is 9.59 Å². The molecule has 0 aromatic heterocycles. The topological polar surface area (TPSA) is 84.7 Å². The van der Waals surface area contributed by atoms with E-state index in [0.29, 0.717) is 13.0 Å². The van der Waals surface area contributed by atoms with E-state index in [1.807, 2.05) is 0 Å². The van der Waals surface area contributed by atoms with E-state index in [4.69, 9.17) is 10.5 Å². The van der Waals surface area contributed by atoms with Gasteiger partial charge in [0.15, 0.2) is 5.78 Å². The quantitative estimate of drug-likeness (QED) is 0.547. The molecule has 5 heteroatoms. The smallest absolute Gasteiger partial charge is 0.234 e. The summed E-state index contributed by atoms with van der Waals surface area (Å²) in [5.74, 6) is -0.334. The number of carbonyl (C=O) groups excluding carboxylic acids is 2. The summed E-state index contributed by atoms with van der Waals surface area (Å²) >= 11 is 0. The first-order valence-corrected chi connectivity index (χ1v) is 6.91. The summed E-state index contributed by atoms with van der Waals surface area (Å²) in [6.45, 7) is 2.12. The highest BCUT2D eigenvalue weighted by Gasteiger charge is 2.50. The molecule has 2 aliphatic rings. The van der Waals surface area contributed by atoms with Crippen molar-refractivity contribution in [3.63, 3.8) is 0 Å². The lowest BCUT2D eigenvalue weighted by Gasteiger charge is -2.22. The molecule has 3 N–H and O–H groups in total. The number of rotatable bonds is 6. The normalized spacial score (nSPS) is 27.4. The van der Waals surface area contributed by atoms with Crippen molar-refractivity contribution in [3.8, 4) is 0 Å². The van der Waals surface area contributed by atoms with E-state index >= 15 is 0 Å². The molecule has 106 valence electrons. The van der Waals surface area contributed by atoms with Crippen LogP contribution in [0.5, 0.6) is 0 Å². The molecule has 1 aliphatic carbocycles.